The zero-order chi connectivity index (χ0) is 12.1. The van der Waals surface area contributed by atoms with Crippen molar-refractivity contribution in [1.82, 2.24) is 4.98 Å². The molecular formula is C11H14N2O3. The summed E-state index contributed by atoms with van der Waals surface area (Å²) in [4.78, 5) is 3.97. The Balaban J connectivity index is 3.03. The van der Waals surface area contributed by atoms with Gasteiger partial charge in [-0.1, -0.05) is 0 Å². The van der Waals surface area contributed by atoms with E-state index < -0.39 is 6.29 Å². The van der Waals surface area contributed by atoms with Crippen molar-refractivity contribution in [2.75, 3.05) is 7.11 Å². The monoisotopic (exact) mass is 222 g/mol. The molecule has 0 saturated heterocycles. The first kappa shape index (κ1) is 12.4. The highest BCUT2D eigenvalue weighted by Gasteiger charge is 2.12. The predicted molar refractivity (Wildman–Crippen MR) is 56.7 cm³/mol. The first-order valence-electron chi connectivity index (χ1n) is 4.86. The zero-order valence-corrected chi connectivity index (χ0v) is 9.47. The van der Waals surface area contributed by atoms with Crippen LogP contribution in [-0.2, 0) is 4.74 Å². The first-order chi connectivity index (χ1) is 7.58. The van der Waals surface area contributed by atoms with Crippen molar-refractivity contribution in [2.45, 2.75) is 26.2 Å². The summed E-state index contributed by atoms with van der Waals surface area (Å²) in [5, 5.41) is 18.3. The molecule has 1 rings (SSSR count). The Morgan fingerprint density at radius 2 is 2.19 bits per heavy atom. The van der Waals surface area contributed by atoms with E-state index >= 15 is 0 Å². The first-order valence-corrected chi connectivity index (χ1v) is 4.86. The molecule has 0 fully saturated rings. The number of nitrogens with zero attached hydrogens (tertiary/aromatic N) is 2. The van der Waals surface area contributed by atoms with Gasteiger partial charge < -0.3 is 14.6 Å². The third-order valence-corrected chi connectivity index (χ3v) is 1.85. The highest BCUT2D eigenvalue weighted by molar-refractivity contribution is 5.40. The van der Waals surface area contributed by atoms with Gasteiger partial charge >= 0.3 is 0 Å². The van der Waals surface area contributed by atoms with E-state index in [1.54, 1.807) is 0 Å². The van der Waals surface area contributed by atoms with Gasteiger partial charge in [-0.3, -0.25) is 0 Å². The van der Waals surface area contributed by atoms with Gasteiger partial charge in [0.1, 0.15) is 11.6 Å². The van der Waals surface area contributed by atoms with Crippen LogP contribution >= 0.6 is 0 Å². The molecule has 0 bridgehead atoms. The van der Waals surface area contributed by atoms with Crippen molar-refractivity contribution in [3.63, 3.8) is 0 Å². The molecule has 0 saturated carbocycles. The van der Waals surface area contributed by atoms with E-state index in [4.69, 9.17) is 14.7 Å². The highest BCUT2D eigenvalue weighted by Crippen LogP contribution is 2.21. The average Bonchev–Trinajstić information content (AvgIpc) is 2.27. The molecule has 0 radical (unpaired) electrons. The molecule has 1 aromatic heterocycles. The average molecular weight is 222 g/mol. The minimum Gasteiger partial charge on any atom is -0.474 e. The molecule has 0 aliphatic rings. The Morgan fingerprint density at radius 1 is 1.50 bits per heavy atom. The summed E-state index contributed by atoms with van der Waals surface area (Å²) >= 11 is 0. The molecular weight excluding hydrogens is 208 g/mol. The molecule has 1 heterocycles. The summed E-state index contributed by atoms with van der Waals surface area (Å²) in [6.07, 6.45) is 0.290. The fourth-order valence-corrected chi connectivity index (χ4v) is 1.14. The molecule has 86 valence electrons. The van der Waals surface area contributed by atoms with Crippen LogP contribution in [0.4, 0.5) is 0 Å². The summed E-state index contributed by atoms with van der Waals surface area (Å²) in [5.41, 5.74) is 0.706. The van der Waals surface area contributed by atoms with Gasteiger partial charge in [0.2, 0.25) is 5.88 Å². The number of rotatable bonds is 4. The number of hydrogen-bond donors (Lipinski definition) is 1. The molecule has 1 aromatic rings. The van der Waals surface area contributed by atoms with Gasteiger partial charge in [-0.15, -0.1) is 0 Å². The zero-order valence-electron chi connectivity index (χ0n) is 9.47. The minimum absolute atomic E-state index is 0.0576. The quantitative estimate of drug-likeness (QED) is 0.779. The lowest BCUT2D eigenvalue weighted by atomic mass is 10.2. The molecule has 1 atom stereocenters. The number of nitriles is 1. The smallest absolute Gasteiger partial charge is 0.231 e. The third-order valence-electron chi connectivity index (χ3n) is 1.85. The van der Waals surface area contributed by atoms with E-state index in [2.05, 4.69) is 4.98 Å². The van der Waals surface area contributed by atoms with Crippen LogP contribution in [0.1, 0.15) is 31.3 Å². The number of methoxy groups -OCH3 is 1. The van der Waals surface area contributed by atoms with Crippen molar-refractivity contribution < 1.29 is 14.6 Å². The fraction of sp³-hybridized carbons (Fsp3) is 0.455. The van der Waals surface area contributed by atoms with Crippen molar-refractivity contribution in [3.05, 3.63) is 23.4 Å². The summed E-state index contributed by atoms with van der Waals surface area (Å²) in [6, 6.07) is 3.47. The van der Waals surface area contributed by atoms with Gasteiger partial charge in [0, 0.05) is 18.9 Å². The summed E-state index contributed by atoms with van der Waals surface area (Å²) in [7, 11) is 1.37. The molecule has 0 amide bonds. The molecule has 1 N–H and O–H groups in total. The second-order valence-corrected chi connectivity index (χ2v) is 3.49. The number of hydrogen-bond acceptors (Lipinski definition) is 5. The second-order valence-electron chi connectivity index (χ2n) is 3.49. The molecule has 5 heteroatoms. The predicted octanol–water partition coefficient (Wildman–Crippen LogP) is 1.38. The van der Waals surface area contributed by atoms with Crippen LogP contribution in [0.2, 0.25) is 0 Å². The van der Waals surface area contributed by atoms with Crippen molar-refractivity contribution in [2.24, 2.45) is 0 Å². The van der Waals surface area contributed by atoms with Gasteiger partial charge in [0.05, 0.1) is 6.10 Å². The van der Waals surface area contributed by atoms with E-state index in [1.807, 2.05) is 19.9 Å². The Hall–Kier alpha value is -1.64. The third kappa shape index (κ3) is 2.92. The highest BCUT2D eigenvalue weighted by atomic mass is 16.6. The summed E-state index contributed by atoms with van der Waals surface area (Å²) in [6.45, 7) is 3.70. The Kier molecular flexibility index (Phi) is 4.23. The van der Waals surface area contributed by atoms with Crippen molar-refractivity contribution >= 4 is 0 Å². The van der Waals surface area contributed by atoms with E-state index in [0.717, 1.165) is 0 Å². The van der Waals surface area contributed by atoms with Crippen LogP contribution in [0.3, 0.4) is 0 Å². The molecule has 0 aliphatic heterocycles. The van der Waals surface area contributed by atoms with E-state index in [1.165, 1.54) is 19.4 Å². The van der Waals surface area contributed by atoms with E-state index in [0.29, 0.717) is 5.56 Å². The molecule has 0 aromatic carbocycles. The maximum absolute atomic E-state index is 9.41. The number of aliphatic hydroxyl groups excluding tert-OH is 1. The number of aromatic nitrogens is 1. The van der Waals surface area contributed by atoms with Crippen LogP contribution in [0.5, 0.6) is 5.88 Å². The number of aliphatic hydroxyl groups is 1. The van der Waals surface area contributed by atoms with Crippen LogP contribution in [0.25, 0.3) is 0 Å². The van der Waals surface area contributed by atoms with Gasteiger partial charge in [-0.05, 0) is 19.9 Å². The van der Waals surface area contributed by atoms with Crippen LogP contribution in [0.15, 0.2) is 12.3 Å². The molecule has 0 aliphatic carbocycles. The van der Waals surface area contributed by atoms with Crippen LogP contribution in [0, 0.1) is 11.3 Å². The van der Waals surface area contributed by atoms with Crippen molar-refractivity contribution in [1.29, 1.82) is 5.26 Å². The Morgan fingerprint density at radius 3 is 2.69 bits per heavy atom. The van der Waals surface area contributed by atoms with Crippen LogP contribution in [-0.4, -0.2) is 23.3 Å². The molecule has 0 spiro atoms. The lowest BCUT2D eigenvalue weighted by Gasteiger charge is -2.12. The van der Waals surface area contributed by atoms with Gasteiger partial charge in [0.25, 0.3) is 0 Å². The maximum Gasteiger partial charge on any atom is 0.231 e. The van der Waals surface area contributed by atoms with Crippen molar-refractivity contribution in [3.8, 4) is 11.9 Å². The maximum atomic E-state index is 9.41. The van der Waals surface area contributed by atoms with Crippen LogP contribution < -0.4 is 4.74 Å². The van der Waals surface area contributed by atoms with Gasteiger partial charge in [-0.2, -0.15) is 5.26 Å². The lowest BCUT2D eigenvalue weighted by molar-refractivity contribution is -0.0772. The largest absolute Gasteiger partial charge is 0.474 e. The molecule has 16 heavy (non-hydrogen) atoms. The Bertz CT molecular complexity index is 399. The minimum atomic E-state index is -1.08. The van der Waals surface area contributed by atoms with Gasteiger partial charge in [-0.25, -0.2) is 4.98 Å². The summed E-state index contributed by atoms with van der Waals surface area (Å²) in [5.74, 6) is 0.268. The number of ether oxygens (including phenoxy) is 2. The molecule has 5 nitrogen and oxygen atoms in total. The topological polar surface area (TPSA) is 75.4 Å². The van der Waals surface area contributed by atoms with Gasteiger partial charge in [0.15, 0.2) is 6.29 Å². The molecule has 1 unspecified atom stereocenters. The summed E-state index contributed by atoms with van der Waals surface area (Å²) < 4.78 is 10.1. The fourth-order valence-electron chi connectivity index (χ4n) is 1.14. The normalized spacial score (nSPS) is 12.2. The standard InChI is InChI=1S/C11H14N2O3/c1-7(2)16-10-8(5-12)4-9(6-13-10)11(14)15-3/h4,6-7,11,14H,1-3H3. The van der Waals surface area contributed by atoms with E-state index in [9.17, 15) is 5.11 Å². The lowest BCUT2D eigenvalue weighted by Crippen LogP contribution is -2.09. The second kappa shape index (κ2) is 5.45. The SMILES string of the molecule is COC(O)c1cnc(OC(C)C)c(C#N)c1. The van der Waals surface area contributed by atoms with E-state index in [-0.39, 0.29) is 17.5 Å². The Labute approximate surface area is 94.3 Å². The number of pyridine rings is 1.